The van der Waals surface area contributed by atoms with Crippen LogP contribution in [0.1, 0.15) is 61.2 Å². The molecule has 0 radical (unpaired) electrons. The van der Waals surface area contributed by atoms with Crippen molar-refractivity contribution in [2.24, 2.45) is 0 Å². The van der Waals surface area contributed by atoms with E-state index in [0.29, 0.717) is 33.6 Å². The molecular weight excluding hydrogens is 952 g/mol. The van der Waals surface area contributed by atoms with Crippen LogP contribution in [0.4, 0.5) is 13.2 Å². The zero-order chi connectivity index (χ0) is 53.8. The summed E-state index contributed by atoms with van der Waals surface area (Å²) in [4.78, 5) is 0. The third kappa shape index (κ3) is 8.48. The van der Waals surface area contributed by atoms with Crippen LogP contribution in [-0.4, -0.2) is 9.13 Å². The summed E-state index contributed by atoms with van der Waals surface area (Å²) < 4.78 is 50.5. The zero-order valence-corrected chi connectivity index (χ0v) is 44.7. The molecule has 12 rings (SSSR count). The smallest absolute Gasteiger partial charge is 0.308 e. The fraction of sp³-hybridized carbons (Fsp3) is 0.141. The molecule has 0 aliphatic heterocycles. The third-order valence-electron chi connectivity index (χ3n) is 15.7. The van der Waals surface area contributed by atoms with Crippen molar-refractivity contribution in [1.29, 1.82) is 5.26 Å². The number of hydrogen-bond acceptors (Lipinski definition) is 1. The highest BCUT2D eigenvalue weighted by atomic mass is 19.4. The molecule has 12 aromatic rings. The van der Waals surface area contributed by atoms with Crippen LogP contribution in [0.2, 0.25) is 0 Å². The van der Waals surface area contributed by atoms with Crippen LogP contribution < -0.4 is 0 Å². The molecular formula is C71H56F3N3. The summed E-state index contributed by atoms with van der Waals surface area (Å²) in [5, 5.41) is 15.3. The Morgan fingerprint density at radius 2 is 0.662 bits per heavy atom. The molecule has 0 unspecified atom stereocenters. The van der Waals surface area contributed by atoms with Gasteiger partial charge in [-0.1, -0.05) is 150 Å². The van der Waals surface area contributed by atoms with Crippen molar-refractivity contribution in [1.82, 2.24) is 9.13 Å². The van der Waals surface area contributed by atoms with E-state index >= 15 is 13.2 Å². The Kier molecular flexibility index (Phi) is 11.7. The van der Waals surface area contributed by atoms with E-state index in [-0.39, 0.29) is 0 Å². The molecule has 6 heteroatoms. The molecule has 0 fully saturated rings. The van der Waals surface area contributed by atoms with Crippen LogP contribution in [0, 0.1) is 73.6 Å². The molecule has 0 aliphatic rings. The normalized spacial score (nSPS) is 11.9. The lowest BCUT2D eigenvalue weighted by Gasteiger charge is -2.22. The molecule has 0 spiro atoms. The van der Waals surface area contributed by atoms with E-state index in [1.54, 1.807) is 6.92 Å². The average Bonchev–Trinajstić information content (AvgIpc) is 3.94. The standard InChI is InChI=1S/C71H56F3N3/c1-40-10-18-56(45(6)26-40)50-14-22-60-61-23-15-51(57-19-11-41(2)27-46(57)7)36-65(61)76(64(60)35-50)68-32-49(39-75)33-69(70(68)54-30-44(5)31-55(34-54)71(72,73)74)77-66-37-52(58-20-12-42(3)28-47(58)8)16-24-62(66)63-25-17-53(38-67(63)77)59-21-13-43(4)29-48(59)9/h10-38H,1-9H3. The number of aromatic nitrogens is 2. The lowest BCUT2D eigenvalue weighted by Crippen LogP contribution is -2.08. The van der Waals surface area contributed by atoms with Gasteiger partial charge in [0, 0.05) is 27.1 Å². The second-order valence-electron chi connectivity index (χ2n) is 21.5. The molecule has 10 aromatic carbocycles. The van der Waals surface area contributed by atoms with Crippen molar-refractivity contribution in [3.63, 3.8) is 0 Å². The second kappa shape index (κ2) is 18.4. The van der Waals surface area contributed by atoms with Gasteiger partial charge in [0.25, 0.3) is 0 Å². The maximum Gasteiger partial charge on any atom is 0.416 e. The van der Waals surface area contributed by atoms with Crippen molar-refractivity contribution in [2.45, 2.75) is 68.5 Å². The molecule has 3 nitrogen and oxygen atoms in total. The summed E-state index contributed by atoms with van der Waals surface area (Å²) in [5.41, 5.74) is 23.1. The van der Waals surface area contributed by atoms with Crippen molar-refractivity contribution in [3.05, 3.63) is 237 Å². The first-order valence-electron chi connectivity index (χ1n) is 26.2. The molecule has 0 atom stereocenters. The van der Waals surface area contributed by atoms with Gasteiger partial charge in [0.2, 0.25) is 0 Å². The van der Waals surface area contributed by atoms with Gasteiger partial charge in [-0.15, -0.1) is 0 Å². The minimum Gasteiger partial charge on any atom is -0.308 e. The number of fused-ring (bicyclic) bond motifs is 6. The largest absolute Gasteiger partial charge is 0.416 e. The minimum atomic E-state index is -4.64. The van der Waals surface area contributed by atoms with E-state index in [2.05, 4.69) is 216 Å². The number of benzene rings is 10. The fourth-order valence-corrected chi connectivity index (χ4v) is 12.2. The first-order chi connectivity index (χ1) is 36.9. The lowest BCUT2D eigenvalue weighted by molar-refractivity contribution is -0.137. The van der Waals surface area contributed by atoms with E-state index in [1.165, 1.54) is 12.1 Å². The van der Waals surface area contributed by atoms with Crippen LogP contribution in [0.25, 0.3) is 111 Å². The van der Waals surface area contributed by atoms with E-state index in [0.717, 1.165) is 133 Å². The molecule has 0 aliphatic carbocycles. The summed E-state index contributed by atoms with van der Waals surface area (Å²) in [6, 6.07) is 62.6. The first kappa shape index (κ1) is 49.0. The predicted octanol–water partition coefficient (Wildman–Crippen LogP) is 19.9. The van der Waals surface area contributed by atoms with E-state index in [4.69, 9.17) is 0 Å². The lowest BCUT2D eigenvalue weighted by atomic mass is 9.94. The number of nitrogens with zero attached hydrogens (tertiary/aromatic N) is 3. The van der Waals surface area contributed by atoms with Gasteiger partial charge >= 0.3 is 6.18 Å². The quantitative estimate of drug-likeness (QED) is 0.157. The maximum absolute atomic E-state index is 15.4. The van der Waals surface area contributed by atoms with E-state index < -0.39 is 11.7 Å². The van der Waals surface area contributed by atoms with Crippen LogP contribution in [0.3, 0.4) is 0 Å². The maximum atomic E-state index is 15.4. The number of alkyl halides is 3. The monoisotopic (exact) mass is 1010 g/mol. The minimum absolute atomic E-state index is 0.361. The van der Waals surface area contributed by atoms with E-state index in [9.17, 15) is 5.26 Å². The molecule has 0 bridgehead atoms. The van der Waals surface area contributed by atoms with Crippen LogP contribution in [0.15, 0.2) is 176 Å². The number of aryl methyl sites for hydroxylation is 9. The Morgan fingerprint density at radius 1 is 0.338 bits per heavy atom. The van der Waals surface area contributed by atoms with Crippen molar-refractivity contribution >= 4 is 43.6 Å². The van der Waals surface area contributed by atoms with E-state index in [1.807, 2.05) is 18.2 Å². The molecule has 0 saturated carbocycles. The third-order valence-corrected chi connectivity index (χ3v) is 15.7. The molecule has 376 valence electrons. The summed E-state index contributed by atoms with van der Waals surface area (Å²) in [5.74, 6) is 0. The van der Waals surface area contributed by atoms with Crippen molar-refractivity contribution < 1.29 is 13.2 Å². The summed E-state index contributed by atoms with van der Waals surface area (Å²) in [6.45, 7) is 18.6. The van der Waals surface area contributed by atoms with Gasteiger partial charge in [0.1, 0.15) is 0 Å². The van der Waals surface area contributed by atoms with Gasteiger partial charge in [0.05, 0.1) is 50.6 Å². The molecule has 2 aromatic heterocycles. The highest BCUT2D eigenvalue weighted by Crippen LogP contribution is 2.47. The highest BCUT2D eigenvalue weighted by Gasteiger charge is 2.32. The van der Waals surface area contributed by atoms with Crippen LogP contribution >= 0.6 is 0 Å². The zero-order valence-electron chi connectivity index (χ0n) is 44.7. The molecule has 0 amide bonds. The summed E-state index contributed by atoms with van der Waals surface area (Å²) >= 11 is 0. The van der Waals surface area contributed by atoms with Gasteiger partial charge in [-0.05, 0) is 189 Å². The Hall–Kier alpha value is -8.92. The molecule has 2 heterocycles. The summed E-state index contributed by atoms with van der Waals surface area (Å²) in [7, 11) is 0. The highest BCUT2D eigenvalue weighted by molar-refractivity contribution is 6.14. The molecule has 0 saturated heterocycles. The second-order valence-corrected chi connectivity index (χ2v) is 21.5. The number of rotatable bonds is 7. The van der Waals surface area contributed by atoms with Gasteiger partial charge in [-0.25, -0.2) is 0 Å². The van der Waals surface area contributed by atoms with Crippen LogP contribution in [0.5, 0.6) is 0 Å². The van der Waals surface area contributed by atoms with Gasteiger partial charge in [-0.2, -0.15) is 18.4 Å². The first-order valence-corrected chi connectivity index (χ1v) is 26.2. The topological polar surface area (TPSA) is 33.6 Å². The Labute approximate surface area is 447 Å². The SMILES string of the molecule is Cc1cc(-c2c(-n3c4cc(-c5ccc(C)cc5C)ccc4c4ccc(-c5ccc(C)cc5C)cc43)cc(C#N)cc2-n2c3cc(-c4ccc(C)cc4C)ccc3c3ccc(-c4ccc(C)cc4C)cc32)cc(C(F)(F)F)c1. The fourth-order valence-electron chi connectivity index (χ4n) is 12.2. The summed E-state index contributed by atoms with van der Waals surface area (Å²) in [6.07, 6.45) is -4.64. The number of halogens is 3. The number of hydrogen-bond donors (Lipinski definition) is 0. The number of nitriles is 1. The van der Waals surface area contributed by atoms with Gasteiger partial charge in [0.15, 0.2) is 0 Å². The Morgan fingerprint density at radius 3 is 0.948 bits per heavy atom. The average molecular weight is 1010 g/mol. The molecule has 77 heavy (non-hydrogen) atoms. The van der Waals surface area contributed by atoms with Crippen molar-refractivity contribution in [3.8, 4) is 73.1 Å². The molecule has 0 N–H and O–H groups in total. The van der Waals surface area contributed by atoms with Crippen molar-refractivity contribution in [2.75, 3.05) is 0 Å². The van der Waals surface area contributed by atoms with Gasteiger partial charge in [-0.3, -0.25) is 0 Å². The van der Waals surface area contributed by atoms with Crippen LogP contribution in [-0.2, 0) is 6.18 Å². The Bertz CT molecular complexity index is 4030. The predicted molar refractivity (Wildman–Crippen MR) is 315 cm³/mol. The van der Waals surface area contributed by atoms with Gasteiger partial charge < -0.3 is 9.13 Å². The Balaban J connectivity index is 1.28.